The van der Waals surface area contributed by atoms with Crippen LogP contribution in [-0.4, -0.2) is 22.9 Å². The minimum Gasteiger partial charge on any atom is -0.545 e. The SMILES string of the molecule is C=c1[nH]n(-c2ccc(Cl)c(C(=O)[O-])c2)c(=O)/c1=C\c1cc(Cl)ccc1OC. The summed E-state index contributed by atoms with van der Waals surface area (Å²) in [6, 6.07) is 9.16. The zero-order valence-electron chi connectivity index (χ0n) is 14.1. The molecule has 6 nitrogen and oxygen atoms in total. The number of carbonyl (C=O) groups excluding carboxylic acids is 1. The summed E-state index contributed by atoms with van der Waals surface area (Å²) in [6.45, 7) is 3.84. The van der Waals surface area contributed by atoms with Gasteiger partial charge in [0.15, 0.2) is 0 Å². The molecule has 1 heterocycles. The van der Waals surface area contributed by atoms with Crippen molar-refractivity contribution in [3.05, 3.63) is 78.5 Å². The average Bonchev–Trinajstić information content (AvgIpc) is 2.90. The maximum absolute atomic E-state index is 12.8. The van der Waals surface area contributed by atoms with Gasteiger partial charge in [0.1, 0.15) is 5.75 Å². The minimum absolute atomic E-state index is 0.0173. The van der Waals surface area contributed by atoms with Gasteiger partial charge in [0.25, 0.3) is 5.56 Å². The molecule has 1 aromatic heterocycles. The zero-order chi connectivity index (χ0) is 19.7. The Balaban J connectivity index is 2.22. The van der Waals surface area contributed by atoms with Crippen LogP contribution in [0.3, 0.4) is 0 Å². The van der Waals surface area contributed by atoms with Crippen LogP contribution in [0.5, 0.6) is 5.75 Å². The van der Waals surface area contributed by atoms with Crippen LogP contribution in [0.2, 0.25) is 10.0 Å². The smallest absolute Gasteiger partial charge is 0.279 e. The van der Waals surface area contributed by atoms with Crippen LogP contribution >= 0.6 is 23.2 Å². The van der Waals surface area contributed by atoms with Gasteiger partial charge in [0.05, 0.1) is 29.3 Å². The average molecular weight is 404 g/mol. The van der Waals surface area contributed by atoms with Crippen molar-refractivity contribution in [1.29, 1.82) is 0 Å². The molecule has 0 amide bonds. The molecule has 138 valence electrons. The molecule has 0 aliphatic heterocycles. The summed E-state index contributed by atoms with van der Waals surface area (Å²) < 4.78 is 6.46. The van der Waals surface area contributed by atoms with Gasteiger partial charge in [-0.25, -0.2) is 4.68 Å². The topological polar surface area (TPSA) is 87.1 Å². The van der Waals surface area contributed by atoms with E-state index in [-0.39, 0.29) is 21.5 Å². The first-order valence-electron chi connectivity index (χ1n) is 7.68. The van der Waals surface area contributed by atoms with Crippen molar-refractivity contribution in [3.63, 3.8) is 0 Å². The third kappa shape index (κ3) is 3.63. The predicted molar refractivity (Wildman–Crippen MR) is 102 cm³/mol. The number of rotatable bonds is 4. The number of halogens is 2. The third-order valence-corrected chi connectivity index (χ3v) is 4.49. The standard InChI is InChI=1S/C19H14Cl2N2O4/c1-10-14(8-11-7-12(20)3-6-17(11)27-2)18(24)23(22-10)13-4-5-16(21)15(9-13)19(25)26/h3-9,22H,1H2,2H3,(H,25,26)/p-1/b14-8-. The number of benzene rings is 2. The molecule has 8 heteroatoms. The lowest BCUT2D eigenvalue weighted by molar-refractivity contribution is -0.255. The van der Waals surface area contributed by atoms with E-state index in [0.29, 0.717) is 21.7 Å². The Kier molecular flexibility index (Phi) is 5.12. The highest BCUT2D eigenvalue weighted by Gasteiger charge is 2.10. The first kappa shape index (κ1) is 18.8. The molecule has 0 aliphatic carbocycles. The summed E-state index contributed by atoms with van der Waals surface area (Å²) in [5.41, 5.74) is 0.243. The number of aromatic carboxylic acids is 1. The highest BCUT2D eigenvalue weighted by atomic mass is 35.5. The molecule has 2 aromatic carbocycles. The fourth-order valence-electron chi connectivity index (χ4n) is 2.61. The van der Waals surface area contributed by atoms with Crippen molar-refractivity contribution >= 4 is 41.8 Å². The number of hydrogen-bond acceptors (Lipinski definition) is 4. The molecule has 0 atom stereocenters. The van der Waals surface area contributed by atoms with E-state index in [1.807, 2.05) is 0 Å². The van der Waals surface area contributed by atoms with Crippen molar-refractivity contribution in [3.8, 4) is 11.4 Å². The first-order valence-corrected chi connectivity index (χ1v) is 8.44. The van der Waals surface area contributed by atoms with Gasteiger partial charge in [0.2, 0.25) is 0 Å². The first-order chi connectivity index (χ1) is 12.8. The number of ether oxygens (including phenoxy) is 1. The maximum Gasteiger partial charge on any atom is 0.279 e. The van der Waals surface area contributed by atoms with Gasteiger partial charge < -0.3 is 14.6 Å². The van der Waals surface area contributed by atoms with E-state index < -0.39 is 11.5 Å². The van der Waals surface area contributed by atoms with E-state index >= 15 is 0 Å². The van der Waals surface area contributed by atoms with Gasteiger partial charge in [-0.05, 0) is 42.5 Å². The Hall–Kier alpha value is -2.96. The van der Waals surface area contributed by atoms with Gasteiger partial charge in [-0.15, -0.1) is 0 Å². The second kappa shape index (κ2) is 7.34. The molecule has 3 aromatic rings. The van der Waals surface area contributed by atoms with E-state index in [0.717, 1.165) is 0 Å². The molecule has 0 radical (unpaired) electrons. The molecule has 1 N–H and O–H groups in total. The minimum atomic E-state index is -1.44. The second-order valence-electron chi connectivity index (χ2n) is 5.63. The number of carboxylic acids is 1. The second-order valence-corrected chi connectivity index (χ2v) is 6.47. The number of aromatic amines is 1. The van der Waals surface area contributed by atoms with Crippen LogP contribution in [-0.2, 0) is 0 Å². The quantitative estimate of drug-likeness (QED) is 0.705. The maximum atomic E-state index is 12.8. The van der Waals surface area contributed by atoms with Gasteiger partial charge >= 0.3 is 0 Å². The van der Waals surface area contributed by atoms with Crippen LogP contribution in [0.4, 0.5) is 0 Å². The van der Waals surface area contributed by atoms with Gasteiger partial charge in [-0.3, -0.25) is 9.89 Å². The number of carbonyl (C=O) groups is 1. The monoisotopic (exact) mass is 403 g/mol. The number of methoxy groups -OCH3 is 1. The largest absolute Gasteiger partial charge is 0.545 e. The summed E-state index contributed by atoms with van der Waals surface area (Å²) in [4.78, 5) is 24.0. The summed E-state index contributed by atoms with van der Waals surface area (Å²) >= 11 is 11.9. The molecule has 0 saturated heterocycles. The summed E-state index contributed by atoms with van der Waals surface area (Å²) in [6.07, 6.45) is 1.60. The van der Waals surface area contributed by atoms with Crippen LogP contribution in [0.25, 0.3) is 18.3 Å². The Morgan fingerprint density at radius 3 is 2.67 bits per heavy atom. The highest BCUT2D eigenvalue weighted by Crippen LogP contribution is 2.23. The van der Waals surface area contributed by atoms with Crippen molar-refractivity contribution in [2.75, 3.05) is 7.11 Å². The molecular weight excluding hydrogens is 391 g/mol. The predicted octanol–water partition coefficient (Wildman–Crippen LogP) is 1.08. The third-order valence-electron chi connectivity index (χ3n) is 3.93. The zero-order valence-corrected chi connectivity index (χ0v) is 15.6. The van der Waals surface area contributed by atoms with E-state index in [1.54, 1.807) is 24.3 Å². The molecule has 0 aliphatic rings. The number of hydrogen-bond donors (Lipinski definition) is 1. The van der Waals surface area contributed by atoms with Crippen molar-refractivity contribution in [2.24, 2.45) is 0 Å². The summed E-state index contributed by atoms with van der Waals surface area (Å²) in [7, 11) is 1.51. The van der Waals surface area contributed by atoms with Gasteiger partial charge in [-0.2, -0.15) is 0 Å². The van der Waals surface area contributed by atoms with E-state index in [9.17, 15) is 14.7 Å². The fourth-order valence-corrected chi connectivity index (χ4v) is 2.98. The van der Waals surface area contributed by atoms with Crippen molar-refractivity contribution < 1.29 is 14.6 Å². The molecule has 0 saturated carbocycles. The van der Waals surface area contributed by atoms with E-state index in [4.69, 9.17) is 27.9 Å². The molecule has 3 rings (SSSR count). The van der Waals surface area contributed by atoms with Crippen LogP contribution < -0.4 is 26.0 Å². The van der Waals surface area contributed by atoms with Gasteiger partial charge in [-0.1, -0.05) is 29.8 Å². The number of nitrogens with one attached hydrogen (secondary N) is 1. The van der Waals surface area contributed by atoms with Crippen LogP contribution in [0.1, 0.15) is 15.9 Å². The lowest BCUT2D eigenvalue weighted by Crippen LogP contribution is -2.34. The fraction of sp³-hybridized carbons (Fsp3) is 0.0526. The molecule has 0 unspecified atom stereocenters. The number of carboxylic acid groups (broad SMARTS) is 1. The molecule has 0 spiro atoms. The Bertz CT molecular complexity index is 1210. The van der Waals surface area contributed by atoms with E-state index in [1.165, 1.54) is 30.0 Å². The number of nitrogens with zero attached hydrogens (tertiary/aromatic N) is 1. The number of H-pyrrole nitrogens is 1. The Morgan fingerprint density at radius 2 is 2.00 bits per heavy atom. The van der Waals surface area contributed by atoms with Gasteiger partial charge in [0, 0.05) is 21.2 Å². The molecule has 27 heavy (non-hydrogen) atoms. The number of aromatic nitrogens is 2. The normalized spacial score (nSPS) is 11.6. The van der Waals surface area contributed by atoms with Crippen molar-refractivity contribution in [1.82, 2.24) is 9.78 Å². The van der Waals surface area contributed by atoms with E-state index in [2.05, 4.69) is 11.7 Å². The molecular formula is C19H13Cl2N2O4-. The van der Waals surface area contributed by atoms with Crippen molar-refractivity contribution in [2.45, 2.75) is 0 Å². The molecule has 0 bridgehead atoms. The van der Waals surface area contributed by atoms with Crippen LogP contribution in [0.15, 0.2) is 41.2 Å². The summed E-state index contributed by atoms with van der Waals surface area (Å²) in [5, 5.41) is 15.1. The lowest BCUT2D eigenvalue weighted by Gasteiger charge is -2.08. The lowest BCUT2D eigenvalue weighted by atomic mass is 10.1. The highest BCUT2D eigenvalue weighted by molar-refractivity contribution is 6.33. The Labute approximate surface area is 163 Å². The summed E-state index contributed by atoms with van der Waals surface area (Å²) in [5.74, 6) is -0.900. The van der Waals surface area contributed by atoms with Crippen LogP contribution in [0, 0.1) is 0 Å². The Morgan fingerprint density at radius 1 is 1.26 bits per heavy atom. The molecule has 0 fully saturated rings.